The number of aromatic nitrogens is 2. The summed E-state index contributed by atoms with van der Waals surface area (Å²) < 4.78 is 35.7. The fourth-order valence-electron chi connectivity index (χ4n) is 5.46. The third-order valence-corrected chi connectivity index (χ3v) is 7.60. The highest BCUT2D eigenvalue weighted by atomic mass is 19.1. The van der Waals surface area contributed by atoms with Gasteiger partial charge in [0, 0.05) is 37.4 Å². The summed E-state index contributed by atoms with van der Waals surface area (Å²) in [6.45, 7) is 8.67. The minimum Gasteiger partial charge on any atom is -0.382 e. The lowest BCUT2D eigenvalue weighted by molar-refractivity contribution is 0.0850. The number of rotatable bonds is 7. The molecule has 38 heavy (non-hydrogen) atoms. The van der Waals surface area contributed by atoms with Crippen molar-refractivity contribution in [1.29, 1.82) is 0 Å². The highest BCUT2D eigenvalue weighted by molar-refractivity contribution is 5.97. The lowest BCUT2D eigenvalue weighted by Crippen LogP contribution is -2.32. The van der Waals surface area contributed by atoms with Gasteiger partial charge < -0.3 is 15.8 Å². The summed E-state index contributed by atoms with van der Waals surface area (Å²) in [6.07, 6.45) is 2.38. The van der Waals surface area contributed by atoms with Crippen LogP contribution >= 0.6 is 0 Å². The first-order valence-electron chi connectivity index (χ1n) is 13.3. The average Bonchev–Trinajstić information content (AvgIpc) is 2.92. The summed E-state index contributed by atoms with van der Waals surface area (Å²) >= 11 is 0. The standard InChI is InChI=1S/C29H33F2N5O2/c1-3-36(4-2)16-21-14-19(5-6-22(21)17-8-11-38-12-9-17)25-27(31)35-28(32)26(34-25)20-13-18-7-10-33-29(37)24(18)23(30)15-20/h5-6,13-15,17H,3-4,7-12,16H2,1-2H3,(H2,32,35)(H,33,37). The van der Waals surface area contributed by atoms with Gasteiger partial charge in [0.05, 0.1) is 5.56 Å². The monoisotopic (exact) mass is 521 g/mol. The van der Waals surface area contributed by atoms with Gasteiger partial charge in [0.2, 0.25) is 5.95 Å². The van der Waals surface area contributed by atoms with Crippen LogP contribution in [0.4, 0.5) is 14.6 Å². The number of halogens is 2. The fraction of sp³-hybridized carbons (Fsp3) is 0.414. The van der Waals surface area contributed by atoms with Gasteiger partial charge in [0.1, 0.15) is 17.2 Å². The number of hydrogen-bond donors (Lipinski definition) is 2. The lowest BCUT2D eigenvalue weighted by Gasteiger charge is -2.27. The molecule has 0 aliphatic carbocycles. The second-order valence-corrected chi connectivity index (χ2v) is 9.86. The van der Waals surface area contributed by atoms with E-state index in [4.69, 9.17) is 10.5 Å². The number of benzene rings is 2. The number of nitrogen functional groups attached to an aromatic ring is 1. The van der Waals surface area contributed by atoms with Crippen molar-refractivity contribution in [2.75, 3.05) is 38.6 Å². The Morgan fingerprint density at radius 3 is 2.55 bits per heavy atom. The maximum Gasteiger partial charge on any atom is 0.254 e. The molecular weight excluding hydrogens is 488 g/mol. The molecule has 3 N–H and O–H groups in total. The summed E-state index contributed by atoms with van der Waals surface area (Å²) in [5.74, 6) is -1.63. The highest BCUT2D eigenvalue weighted by Gasteiger charge is 2.25. The van der Waals surface area contributed by atoms with E-state index < -0.39 is 17.7 Å². The quantitative estimate of drug-likeness (QED) is 0.469. The van der Waals surface area contributed by atoms with Gasteiger partial charge in [-0.25, -0.2) is 9.37 Å². The Bertz CT molecular complexity index is 1350. The summed E-state index contributed by atoms with van der Waals surface area (Å²) in [5, 5.41) is 2.65. The van der Waals surface area contributed by atoms with Crippen LogP contribution in [0.15, 0.2) is 30.3 Å². The van der Waals surface area contributed by atoms with Gasteiger partial charge in [-0.3, -0.25) is 9.69 Å². The third kappa shape index (κ3) is 5.13. The lowest BCUT2D eigenvalue weighted by atomic mass is 9.87. The molecule has 0 radical (unpaired) electrons. The van der Waals surface area contributed by atoms with Crippen molar-refractivity contribution in [1.82, 2.24) is 20.2 Å². The van der Waals surface area contributed by atoms with Gasteiger partial charge in [0.25, 0.3) is 5.91 Å². The van der Waals surface area contributed by atoms with E-state index in [2.05, 4.69) is 40.1 Å². The van der Waals surface area contributed by atoms with E-state index in [1.54, 1.807) is 6.07 Å². The van der Waals surface area contributed by atoms with E-state index in [1.807, 2.05) is 12.1 Å². The Balaban J connectivity index is 1.58. The van der Waals surface area contributed by atoms with Gasteiger partial charge in [-0.05, 0) is 73.2 Å². The molecule has 200 valence electrons. The van der Waals surface area contributed by atoms with Crippen molar-refractivity contribution < 1.29 is 18.3 Å². The Morgan fingerprint density at radius 2 is 1.82 bits per heavy atom. The first-order chi connectivity index (χ1) is 18.4. The zero-order valence-corrected chi connectivity index (χ0v) is 21.8. The van der Waals surface area contributed by atoms with E-state index >= 15 is 4.39 Å². The number of ether oxygens (including phenoxy) is 1. The van der Waals surface area contributed by atoms with E-state index in [9.17, 15) is 9.18 Å². The number of carbonyl (C=O) groups is 1. The Morgan fingerprint density at radius 1 is 1.05 bits per heavy atom. The molecule has 0 bridgehead atoms. The Hall–Kier alpha value is -3.43. The van der Waals surface area contributed by atoms with Crippen molar-refractivity contribution in [3.8, 4) is 22.5 Å². The number of amides is 1. The molecule has 0 atom stereocenters. The largest absolute Gasteiger partial charge is 0.382 e. The smallest absolute Gasteiger partial charge is 0.254 e. The summed E-state index contributed by atoms with van der Waals surface area (Å²) in [7, 11) is 0. The number of anilines is 1. The molecule has 0 unspecified atom stereocenters. The minimum atomic E-state index is -0.781. The average molecular weight is 522 g/mol. The molecule has 1 amide bonds. The third-order valence-electron chi connectivity index (χ3n) is 7.60. The number of nitrogens with one attached hydrogen (secondary N) is 1. The molecule has 3 aromatic rings. The number of hydrogen-bond acceptors (Lipinski definition) is 6. The van der Waals surface area contributed by atoms with Crippen LogP contribution in [0.3, 0.4) is 0 Å². The Kier molecular flexibility index (Phi) is 7.67. The van der Waals surface area contributed by atoms with Crippen LogP contribution in [-0.4, -0.2) is 53.6 Å². The predicted octanol–water partition coefficient (Wildman–Crippen LogP) is 4.69. The zero-order valence-electron chi connectivity index (χ0n) is 21.8. The SMILES string of the molecule is CCN(CC)Cc1cc(-c2nc(-c3cc(F)c4c(c3)CCNC4=O)c(N)nc2F)ccc1C1CCOCC1. The van der Waals surface area contributed by atoms with Crippen molar-refractivity contribution in [2.45, 2.75) is 45.6 Å². The first-order valence-corrected chi connectivity index (χ1v) is 13.3. The maximum absolute atomic E-state index is 15.2. The molecular formula is C29H33F2N5O2. The number of nitrogens with two attached hydrogens (primary N) is 1. The van der Waals surface area contributed by atoms with Gasteiger partial charge >= 0.3 is 0 Å². The van der Waals surface area contributed by atoms with Crippen molar-refractivity contribution in [3.63, 3.8) is 0 Å². The fourth-order valence-corrected chi connectivity index (χ4v) is 5.46. The molecule has 2 aliphatic heterocycles. The van der Waals surface area contributed by atoms with Crippen LogP contribution in [0.2, 0.25) is 0 Å². The van der Waals surface area contributed by atoms with Gasteiger partial charge in [-0.2, -0.15) is 9.37 Å². The molecule has 7 nitrogen and oxygen atoms in total. The summed E-state index contributed by atoms with van der Waals surface area (Å²) in [6, 6.07) is 8.85. The molecule has 2 aromatic carbocycles. The van der Waals surface area contributed by atoms with Crippen molar-refractivity contribution in [3.05, 3.63) is 64.4 Å². The molecule has 1 aromatic heterocycles. The molecule has 0 saturated carbocycles. The predicted molar refractivity (Wildman–Crippen MR) is 143 cm³/mol. The van der Waals surface area contributed by atoms with Crippen LogP contribution in [0.5, 0.6) is 0 Å². The molecule has 0 spiro atoms. The van der Waals surface area contributed by atoms with Crippen molar-refractivity contribution in [2.24, 2.45) is 0 Å². The van der Waals surface area contributed by atoms with E-state index in [0.717, 1.165) is 51.3 Å². The van der Waals surface area contributed by atoms with Crippen LogP contribution in [-0.2, 0) is 17.7 Å². The number of nitrogens with zero attached hydrogens (tertiary/aromatic N) is 3. The van der Waals surface area contributed by atoms with Crippen LogP contribution in [0.1, 0.15) is 59.7 Å². The van der Waals surface area contributed by atoms with Gasteiger partial charge in [-0.15, -0.1) is 0 Å². The minimum absolute atomic E-state index is 0.0265. The Labute approximate surface area is 221 Å². The molecule has 2 aliphatic rings. The molecule has 1 saturated heterocycles. The van der Waals surface area contributed by atoms with Crippen molar-refractivity contribution >= 4 is 11.7 Å². The zero-order chi connectivity index (χ0) is 26.8. The van der Waals surface area contributed by atoms with Gasteiger partial charge in [-0.1, -0.05) is 26.0 Å². The second-order valence-electron chi connectivity index (χ2n) is 9.86. The van der Waals surface area contributed by atoms with Crippen LogP contribution < -0.4 is 11.1 Å². The number of fused-ring (bicyclic) bond motifs is 1. The summed E-state index contributed by atoms with van der Waals surface area (Å²) in [5.41, 5.74) is 10.3. The van der Waals surface area contributed by atoms with E-state index in [1.165, 1.54) is 11.6 Å². The molecule has 5 rings (SSSR count). The van der Waals surface area contributed by atoms with Gasteiger partial charge in [0.15, 0.2) is 5.82 Å². The van der Waals surface area contributed by atoms with E-state index in [-0.39, 0.29) is 22.8 Å². The van der Waals surface area contributed by atoms with Crippen LogP contribution in [0.25, 0.3) is 22.5 Å². The number of carbonyl (C=O) groups excluding carboxylic acids is 1. The molecule has 3 heterocycles. The summed E-state index contributed by atoms with van der Waals surface area (Å²) in [4.78, 5) is 23.0. The van der Waals surface area contributed by atoms with Crippen LogP contribution in [0, 0.1) is 11.8 Å². The van der Waals surface area contributed by atoms with E-state index in [0.29, 0.717) is 35.6 Å². The molecule has 1 fully saturated rings. The normalized spacial score (nSPS) is 16.0. The second kappa shape index (κ2) is 11.1. The maximum atomic E-state index is 15.2. The highest BCUT2D eigenvalue weighted by Crippen LogP contribution is 2.35. The topological polar surface area (TPSA) is 93.4 Å². The molecule has 9 heteroatoms. The first kappa shape index (κ1) is 26.2.